The number of hydrogen-bond donors (Lipinski definition) is 7. The fraction of sp³-hybridized carbons (Fsp3) is 0.737. The zero-order valence-corrected chi connectivity index (χ0v) is 32.5. The number of nitrogens with one attached hydrogen (secondary N) is 2. The summed E-state index contributed by atoms with van der Waals surface area (Å²) in [6.07, 6.45) is -8.29. The molecule has 0 spiro atoms. The van der Waals surface area contributed by atoms with Crippen LogP contribution in [0.3, 0.4) is 0 Å². The largest absolute Gasteiger partial charge is 0.504 e. The summed E-state index contributed by atoms with van der Waals surface area (Å²) in [7, 11) is 0. The lowest BCUT2D eigenvalue weighted by Crippen LogP contribution is -2.55. The highest BCUT2D eigenvalue weighted by molar-refractivity contribution is 7.15. The van der Waals surface area contributed by atoms with Gasteiger partial charge in [-0.1, -0.05) is 13.8 Å². The molecule has 4 fully saturated rings. The van der Waals surface area contributed by atoms with Crippen molar-refractivity contribution in [3.63, 3.8) is 0 Å². The molecule has 4 aliphatic rings. The van der Waals surface area contributed by atoms with Crippen molar-refractivity contribution in [3.05, 3.63) is 44.6 Å². The lowest BCUT2D eigenvalue weighted by atomic mass is 9.60. The second-order valence-electron chi connectivity index (χ2n) is 16.4. The third kappa shape index (κ3) is 9.20. The zero-order valence-electron chi connectivity index (χ0n) is 31.7. The first kappa shape index (κ1) is 44.2. The van der Waals surface area contributed by atoms with Crippen molar-refractivity contribution in [2.75, 3.05) is 26.3 Å². The number of halogens is 6. The summed E-state index contributed by atoms with van der Waals surface area (Å²) in [6.45, 7) is 4.53. The Kier molecular flexibility index (Phi) is 12.9. The van der Waals surface area contributed by atoms with E-state index >= 15 is 0 Å². The Hall–Kier alpha value is -2.90. The summed E-state index contributed by atoms with van der Waals surface area (Å²) < 4.78 is 95.4. The van der Waals surface area contributed by atoms with Gasteiger partial charge in [0.25, 0.3) is 11.8 Å². The van der Waals surface area contributed by atoms with Gasteiger partial charge in [0.05, 0.1) is 40.3 Å². The maximum Gasteiger partial charge on any atom is 0.448 e. The van der Waals surface area contributed by atoms with Gasteiger partial charge in [0.15, 0.2) is 17.3 Å². The van der Waals surface area contributed by atoms with Gasteiger partial charge in [-0.25, -0.2) is 0 Å². The topological polar surface area (TPSA) is 178 Å². The number of carbonyl (C=O) groups excluding carboxylic acids is 2. The van der Waals surface area contributed by atoms with E-state index in [2.05, 4.69) is 10.6 Å². The van der Waals surface area contributed by atoms with E-state index in [9.17, 15) is 61.5 Å². The first-order valence-corrected chi connectivity index (χ1v) is 19.8. The Labute approximate surface area is 325 Å². The molecule has 2 saturated carbocycles. The molecular formula is C38H52F6N2O9S. The van der Waals surface area contributed by atoms with Gasteiger partial charge in [-0.05, 0) is 94.6 Å². The first-order valence-electron chi connectivity index (χ1n) is 19.0. The number of amides is 2. The number of ether oxygens (including phenoxy) is 2. The smallest absolute Gasteiger partial charge is 0.448 e. The van der Waals surface area contributed by atoms with Crippen LogP contribution in [0.25, 0.3) is 0 Å². The van der Waals surface area contributed by atoms with Gasteiger partial charge in [0, 0.05) is 42.5 Å². The van der Waals surface area contributed by atoms with E-state index < -0.39 is 107 Å². The van der Waals surface area contributed by atoms with Crippen molar-refractivity contribution < 1.29 is 70.9 Å². The highest BCUT2D eigenvalue weighted by atomic mass is 32.1. The van der Waals surface area contributed by atoms with E-state index in [4.69, 9.17) is 9.47 Å². The van der Waals surface area contributed by atoms with E-state index in [0.29, 0.717) is 37.0 Å². The minimum Gasteiger partial charge on any atom is -0.504 e. The Morgan fingerprint density at radius 2 is 1.18 bits per heavy atom. The molecular weight excluding hydrogens is 774 g/mol. The van der Waals surface area contributed by atoms with Gasteiger partial charge in [-0.2, -0.15) is 26.3 Å². The van der Waals surface area contributed by atoms with Crippen molar-refractivity contribution in [1.29, 1.82) is 0 Å². The minimum absolute atomic E-state index is 0.0126. The second-order valence-corrected chi connectivity index (χ2v) is 17.5. The molecule has 18 heteroatoms. The summed E-state index contributed by atoms with van der Waals surface area (Å²) in [4.78, 5) is 26.2. The van der Waals surface area contributed by atoms with Crippen molar-refractivity contribution in [2.45, 2.75) is 115 Å². The van der Waals surface area contributed by atoms with Crippen LogP contribution in [0.1, 0.15) is 98.4 Å². The summed E-state index contributed by atoms with van der Waals surface area (Å²) >= 11 is 0.600. The number of hydrogen-bond acceptors (Lipinski definition) is 10. The van der Waals surface area contributed by atoms with E-state index in [1.807, 2.05) is 13.8 Å². The molecule has 2 amide bonds. The number of rotatable bonds is 8. The van der Waals surface area contributed by atoms with E-state index in [1.54, 1.807) is 6.92 Å². The number of alkyl halides is 6. The second kappa shape index (κ2) is 16.4. The van der Waals surface area contributed by atoms with Crippen LogP contribution < -0.4 is 10.6 Å². The van der Waals surface area contributed by atoms with E-state index in [1.165, 1.54) is 19.1 Å². The Morgan fingerprint density at radius 3 is 1.64 bits per heavy atom. The molecule has 0 radical (unpaired) electrons. The van der Waals surface area contributed by atoms with Crippen LogP contribution in [-0.2, 0) is 9.47 Å². The fourth-order valence-electron chi connectivity index (χ4n) is 9.45. The number of fused-ring (bicyclic) bond motifs is 2. The van der Waals surface area contributed by atoms with Crippen molar-refractivity contribution >= 4 is 23.2 Å². The standard InChI is InChI=1S/C38H52F6N2O9S/c1-19-5-8-26(35(52)17-54-21(3)7-10-24(19)35)22(30(47)37(39,40)41)15-45-32(49)28-11-12-29(56-28)33(50)46-16-23(31(48)38(42,43)44)27-9-6-20(2)25-13-14-34(4,51)55-18-36(25,27)53/h11-12,19-21,24-27,47-48,51-53H,5-10,13-18H2,1-4H3,(H,45,49)(H,46,50)/b30-22-,31-23-/t19-,20-,21+,24?,25+,26+,27?,34+,35-,36-/m1/s1. The summed E-state index contributed by atoms with van der Waals surface area (Å²) in [6, 6.07) is 2.39. The van der Waals surface area contributed by atoms with Gasteiger partial charge in [0.2, 0.25) is 0 Å². The number of aliphatic hydroxyl groups excluding tert-OH is 2. The van der Waals surface area contributed by atoms with Gasteiger partial charge in [0.1, 0.15) is 0 Å². The van der Waals surface area contributed by atoms with Crippen LogP contribution in [0.2, 0.25) is 0 Å². The highest BCUT2D eigenvalue weighted by Gasteiger charge is 2.56. The van der Waals surface area contributed by atoms with Crippen molar-refractivity contribution in [2.24, 2.45) is 35.5 Å². The van der Waals surface area contributed by atoms with Gasteiger partial charge >= 0.3 is 12.4 Å². The first-order chi connectivity index (χ1) is 25.9. The molecule has 2 unspecified atom stereocenters. The third-order valence-electron chi connectivity index (χ3n) is 12.6. The summed E-state index contributed by atoms with van der Waals surface area (Å²) in [5.74, 6) is -11.1. The molecule has 5 rings (SSSR count). The predicted octanol–water partition coefficient (Wildman–Crippen LogP) is 6.46. The fourth-order valence-corrected chi connectivity index (χ4v) is 10.3. The maximum absolute atomic E-state index is 14.0. The summed E-state index contributed by atoms with van der Waals surface area (Å²) in [5, 5.41) is 60.0. The molecule has 0 aromatic carbocycles. The molecule has 2 aliphatic heterocycles. The number of thiophene rings is 1. The van der Waals surface area contributed by atoms with Crippen LogP contribution in [0.4, 0.5) is 26.3 Å². The Bertz CT molecular complexity index is 1680. The average Bonchev–Trinajstić information content (AvgIpc) is 3.49. The Morgan fingerprint density at radius 1 is 0.732 bits per heavy atom. The van der Waals surface area contributed by atoms with Crippen LogP contribution in [-0.4, -0.2) is 99.1 Å². The number of aliphatic hydroxyl groups is 5. The normalized spacial score (nSPS) is 36.5. The predicted molar refractivity (Wildman–Crippen MR) is 192 cm³/mol. The van der Waals surface area contributed by atoms with Crippen LogP contribution >= 0.6 is 11.3 Å². The van der Waals surface area contributed by atoms with E-state index in [-0.39, 0.29) is 60.0 Å². The van der Waals surface area contributed by atoms with Crippen LogP contribution in [0.15, 0.2) is 34.8 Å². The summed E-state index contributed by atoms with van der Waals surface area (Å²) in [5.41, 5.74) is -4.96. The van der Waals surface area contributed by atoms with Crippen LogP contribution in [0.5, 0.6) is 0 Å². The monoisotopic (exact) mass is 826 g/mol. The molecule has 2 aliphatic carbocycles. The average molecular weight is 827 g/mol. The quantitative estimate of drug-likeness (QED) is 0.115. The SMILES string of the molecule is C[C@@H]1CC[C@@H](/C(CNC(=O)c2ccc(C(=O)NC/C(=C(/O)C(F)(F)F)C3CC[C@@H](C)[C@@H]4CC[C@@](C)(O)OC[C@]34O)s2)=C(\O)C(F)(F)F)[C@@]2(O)CO[C@@H](C)CCC12. The van der Waals surface area contributed by atoms with E-state index in [0.717, 1.165) is 0 Å². The van der Waals surface area contributed by atoms with Crippen molar-refractivity contribution in [3.8, 4) is 0 Å². The van der Waals surface area contributed by atoms with Gasteiger partial charge < -0.3 is 45.6 Å². The molecule has 56 heavy (non-hydrogen) atoms. The molecule has 7 N–H and O–H groups in total. The molecule has 1 aromatic heterocycles. The Balaban J connectivity index is 1.33. The lowest BCUT2D eigenvalue weighted by Gasteiger charge is -2.49. The molecule has 10 atom stereocenters. The van der Waals surface area contributed by atoms with Crippen molar-refractivity contribution in [1.82, 2.24) is 10.6 Å². The highest BCUT2D eigenvalue weighted by Crippen LogP contribution is 2.52. The van der Waals surface area contributed by atoms with Crippen LogP contribution in [0, 0.1) is 35.5 Å². The maximum atomic E-state index is 14.0. The molecule has 1 aromatic rings. The number of allylic oxidation sites excluding steroid dienone is 2. The minimum atomic E-state index is -5.23. The molecule has 316 valence electrons. The lowest BCUT2D eigenvalue weighted by molar-refractivity contribution is -0.223. The molecule has 0 bridgehead atoms. The van der Waals surface area contributed by atoms with Gasteiger partial charge in [-0.3, -0.25) is 9.59 Å². The third-order valence-corrected chi connectivity index (χ3v) is 13.7. The number of carbonyl (C=O) groups is 2. The molecule has 3 heterocycles. The zero-order chi connectivity index (χ0) is 41.6. The van der Waals surface area contributed by atoms with Gasteiger partial charge in [-0.15, -0.1) is 11.3 Å². The molecule has 11 nitrogen and oxygen atoms in total. The molecule has 2 saturated heterocycles.